The van der Waals surface area contributed by atoms with Crippen LogP contribution in [-0.4, -0.2) is 46.1 Å². The van der Waals surface area contributed by atoms with Gasteiger partial charge in [-0.2, -0.15) is 5.26 Å². The van der Waals surface area contributed by atoms with E-state index in [0.717, 1.165) is 11.8 Å². The van der Waals surface area contributed by atoms with Crippen LogP contribution in [0.2, 0.25) is 0 Å². The van der Waals surface area contributed by atoms with E-state index in [1.807, 2.05) is 49.3 Å². The van der Waals surface area contributed by atoms with Gasteiger partial charge in [-0.25, -0.2) is 8.42 Å². The van der Waals surface area contributed by atoms with Crippen molar-refractivity contribution >= 4 is 44.5 Å². The molecular formula is C25H25Cl2N3O3S. The van der Waals surface area contributed by atoms with Gasteiger partial charge in [-0.1, -0.05) is 71.7 Å². The number of rotatable bonds is 7. The van der Waals surface area contributed by atoms with E-state index in [-0.39, 0.29) is 16.5 Å². The van der Waals surface area contributed by atoms with Crippen molar-refractivity contribution in [1.29, 1.82) is 5.26 Å². The lowest BCUT2D eigenvalue weighted by molar-refractivity contribution is -0.122. The average Bonchev–Trinajstić information content (AvgIpc) is 2.73. The fraction of sp³-hybridized carbons (Fsp3) is 0.280. The zero-order valence-electron chi connectivity index (χ0n) is 19.0. The molecule has 9 heteroatoms. The molecule has 0 heterocycles. The van der Waals surface area contributed by atoms with Crippen molar-refractivity contribution in [2.75, 3.05) is 26.9 Å². The Hall–Kier alpha value is -2.63. The van der Waals surface area contributed by atoms with E-state index in [4.69, 9.17) is 28.9 Å². The van der Waals surface area contributed by atoms with E-state index in [9.17, 15) is 18.5 Å². The predicted octanol–water partition coefficient (Wildman–Crippen LogP) is 4.13. The molecule has 0 radical (unpaired) electrons. The SMILES string of the molecule is CN(C)CC1(C(C(N)=O)c2ccc(S(C)(=O)=O)cc2)C=C(Cl)C(c2ccccc2)=C(Cl)C1C#N. The Balaban J connectivity index is 2.27. The predicted molar refractivity (Wildman–Crippen MR) is 135 cm³/mol. The maximum atomic E-state index is 12.9. The maximum Gasteiger partial charge on any atom is 0.225 e. The van der Waals surface area contributed by atoms with Crippen molar-refractivity contribution in [3.63, 3.8) is 0 Å². The Morgan fingerprint density at radius 1 is 1.15 bits per heavy atom. The van der Waals surface area contributed by atoms with Crippen LogP contribution in [0, 0.1) is 22.7 Å². The van der Waals surface area contributed by atoms with Gasteiger partial charge in [-0.05, 0) is 37.4 Å². The van der Waals surface area contributed by atoms with Crippen molar-refractivity contribution in [3.8, 4) is 6.07 Å². The van der Waals surface area contributed by atoms with Gasteiger partial charge in [0, 0.05) is 33.9 Å². The molecule has 2 aromatic rings. The quantitative estimate of drug-likeness (QED) is 0.594. The highest BCUT2D eigenvalue weighted by atomic mass is 35.5. The molecule has 3 unspecified atom stereocenters. The van der Waals surface area contributed by atoms with Gasteiger partial charge in [0.1, 0.15) is 0 Å². The standard InChI is InChI=1S/C25H25Cl2N3O3S/c1-30(2)15-25(22(24(29)31)17-9-11-18(12-10-17)34(3,32)33)13-20(26)21(23(27)19(25)14-28)16-7-5-4-6-8-16/h4-13,19,22H,15H2,1-3H3,(H2,29,31). The Bertz CT molecular complexity index is 1300. The Kier molecular flexibility index (Phi) is 7.59. The van der Waals surface area contributed by atoms with Crippen LogP contribution in [-0.2, 0) is 14.6 Å². The smallest absolute Gasteiger partial charge is 0.225 e. The largest absolute Gasteiger partial charge is 0.369 e. The molecule has 0 fully saturated rings. The number of primary amides is 1. The van der Waals surface area contributed by atoms with Crippen LogP contribution < -0.4 is 5.73 Å². The van der Waals surface area contributed by atoms with E-state index in [1.165, 1.54) is 12.1 Å². The number of allylic oxidation sites excluding steroid dienone is 3. The van der Waals surface area contributed by atoms with Crippen LogP contribution in [0.1, 0.15) is 17.0 Å². The highest BCUT2D eigenvalue weighted by Gasteiger charge is 2.52. The lowest BCUT2D eigenvalue weighted by atomic mass is 9.61. The Labute approximate surface area is 210 Å². The monoisotopic (exact) mass is 517 g/mol. The fourth-order valence-electron chi connectivity index (χ4n) is 4.62. The third-order valence-corrected chi connectivity index (χ3v) is 7.74. The van der Waals surface area contributed by atoms with Crippen LogP contribution in [0.5, 0.6) is 0 Å². The second-order valence-electron chi connectivity index (χ2n) is 8.67. The number of nitrogens with zero attached hydrogens (tertiary/aromatic N) is 2. The number of hydrogen-bond acceptors (Lipinski definition) is 5. The molecule has 0 aromatic heterocycles. The zero-order chi connectivity index (χ0) is 25.3. The van der Waals surface area contributed by atoms with Gasteiger partial charge in [0.05, 0.1) is 22.8 Å². The molecule has 178 valence electrons. The number of sulfone groups is 1. The van der Waals surface area contributed by atoms with Gasteiger partial charge >= 0.3 is 0 Å². The molecule has 1 aliphatic carbocycles. The first-order valence-electron chi connectivity index (χ1n) is 10.4. The van der Waals surface area contributed by atoms with Gasteiger partial charge in [0.15, 0.2) is 9.84 Å². The normalized spacial score (nSPS) is 21.7. The molecule has 3 rings (SSSR count). The van der Waals surface area contributed by atoms with Gasteiger partial charge in [0.25, 0.3) is 0 Å². The molecule has 0 saturated carbocycles. The van der Waals surface area contributed by atoms with E-state index >= 15 is 0 Å². The molecule has 6 nitrogen and oxygen atoms in total. The number of nitrogens with two attached hydrogens (primary N) is 1. The van der Waals surface area contributed by atoms with E-state index in [0.29, 0.717) is 16.2 Å². The third-order valence-electron chi connectivity index (χ3n) is 5.91. The summed E-state index contributed by atoms with van der Waals surface area (Å²) >= 11 is 13.6. The average molecular weight is 518 g/mol. The van der Waals surface area contributed by atoms with Crippen LogP contribution in [0.3, 0.4) is 0 Å². The number of amides is 1. The second kappa shape index (κ2) is 9.93. The summed E-state index contributed by atoms with van der Waals surface area (Å²) in [7, 11) is 0.191. The molecule has 3 atom stereocenters. The zero-order valence-corrected chi connectivity index (χ0v) is 21.3. The number of carbonyl (C=O) groups is 1. The van der Waals surface area contributed by atoms with Gasteiger partial charge in [-0.15, -0.1) is 0 Å². The second-order valence-corrected chi connectivity index (χ2v) is 11.5. The molecule has 1 aliphatic rings. The van der Waals surface area contributed by atoms with Crippen LogP contribution >= 0.6 is 23.2 Å². The third kappa shape index (κ3) is 4.91. The van der Waals surface area contributed by atoms with Crippen molar-refractivity contribution < 1.29 is 13.2 Å². The summed E-state index contributed by atoms with van der Waals surface area (Å²) in [6.07, 6.45) is 2.81. The summed E-state index contributed by atoms with van der Waals surface area (Å²) in [6, 6.07) is 17.5. The lowest BCUT2D eigenvalue weighted by Gasteiger charge is -2.45. The first-order valence-corrected chi connectivity index (χ1v) is 13.0. The molecule has 2 aromatic carbocycles. The minimum absolute atomic E-state index is 0.111. The fourth-order valence-corrected chi connectivity index (χ4v) is 6.17. The van der Waals surface area contributed by atoms with Gasteiger partial charge in [-0.3, -0.25) is 4.79 Å². The van der Waals surface area contributed by atoms with Gasteiger partial charge in [0.2, 0.25) is 5.91 Å². The lowest BCUT2D eigenvalue weighted by Crippen LogP contribution is -2.49. The minimum atomic E-state index is -3.43. The summed E-state index contributed by atoms with van der Waals surface area (Å²) in [5, 5.41) is 10.8. The minimum Gasteiger partial charge on any atom is -0.369 e. The van der Waals surface area contributed by atoms with Crippen LogP contribution in [0.15, 0.2) is 75.6 Å². The number of nitriles is 1. The van der Waals surface area contributed by atoms with Crippen LogP contribution in [0.4, 0.5) is 0 Å². The topological polar surface area (TPSA) is 104 Å². The molecule has 2 N–H and O–H groups in total. The first-order chi connectivity index (χ1) is 15.9. The molecule has 0 aliphatic heterocycles. The first kappa shape index (κ1) is 26.0. The van der Waals surface area contributed by atoms with Crippen molar-refractivity contribution in [2.45, 2.75) is 10.8 Å². The van der Waals surface area contributed by atoms with Crippen molar-refractivity contribution in [3.05, 3.63) is 81.9 Å². The summed E-state index contributed by atoms with van der Waals surface area (Å²) in [5.41, 5.74) is 6.46. The molecule has 0 bridgehead atoms. The summed E-state index contributed by atoms with van der Waals surface area (Å²) in [6.45, 7) is 0.237. The van der Waals surface area contributed by atoms with Crippen LogP contribution in [0.25, 0.3) is 5.57 Å². The number of hydrogen-bond donors (Lipinski definition) is 1. The van der Waals surface area contributed by atoms with Crippen molar-refractivity contribution in [2.24, 2.45) is 17.1 Å². The number of halogens is 2. The van der Waals surface area contributed by atoms with E-state index in [2.05, 4.69) is 6.07 Å². The summed E-state index contributed by atoms with van der Waals surface area (Å²) in [4.78, 5) is 14.9. The molecule has 34 heavy (non-hydrogen) atoms. The summed E-state index contributed by atoms with van der Waals surface area (Å²) < 4.78 is 23.8. The maximum absolute atomic E-state index is 12.9. The van der Waals surface area contributed by atoms with Crippen molar-refractivity contribution in [1.82, 2.24) is 4.90 Å². The van der Waals surface area contributed by atoms with E-state index < -0.39 is 33.0 Å². The molecular weight excluding hydrogens is 493 g/mol. The number of carbonyl (C=O) groups excluding carboxylic acids is 1. The Morgan fingerprint density at radius 2 is 1.74 bits per heavy atom. The Morgan fingerprint density at radius 3 is 2.21 bits per heavy atom. The molecule has 0 saturated heterocycles. The van der Waals surface area contributed by atoms with E-state index in [1.54, 1.807) is 18.2 Å². The molecule has 1 amide bonds. The van der Waals surface area contributed by atoms with Gasteiger partial charge < -0.3 is 10.6 Å². The highest BCUT2D eigenvalue weighted by Crippen LogP contribution is 2.55. The number of benzene rings is 2. The molecule has 0 spiro atoms. The summed E-state index contributed by atoms with van der Waals surface area (Å²) in [5.74, 6) is -2.63. The highest BCUT2D eigenvalue weighted by molar-refractivity contribution is 7.90.